The standard InChI is InChI=1S/C21H22N4O4S/c26-21(23-18-5-3-4-17(14-18)15-24-9-8-22-16-24)19-6-1-2-7-20(19)30(27,28)25-10-12-29-13-11-25/h1-9,14,16H,10-13,15H2,(H,23,26). The van der Waals surface area contributed by atoms with E-state index in [-0.39, 0.29) is 23.5 Å². The van der Waals surface area contributed by atoms with Gasteiger partial charge in [0.05, 0.1) is 30.0 Å². The number of amides is 1. The monoisotopic (exact) mass is 426 g/mol. The van der Waals surface area contributed by atoms with Crippen molar-refractivity contribution in [2.24, 2.45) is 0 Å². The summed E-state index contributed by atoms with van der Waals surface area (Å²) in [5, 5.41) is 2.82. The van der Waals surface area contributed by atoms with Gasteiger partial charge in [-0.3, -0.25) is 4.79 Å². The summed E-state index contributed by atoms with van der Waals surface area (Å²) in [7, 11) is -3.79. The van der Waals surface area contributed by atoms with Crippen molar-refractivity contribution in [3.63, 3.8) is 0 Å². The van der Waals surface area contributed by atoms with Crippen LogP contribution >= 0.6 is 0 Å². The van der Waals surface area contributed by atoms with Crippen LogP contribution < -0.4 is 5.32 Å². The van der Waals surface area contributed by atoms with Gasteiger partial charge in [-0.1, -0.05) is 24.3 Å². The van der Waals surface area contributed by atoms with Gasteiger partial charge in [0.15, 0.2) is 0 Å². The van der Waals surface area contributed by atoms with Crippen LogP contribution in [0.25, 0.3) is 0 Å². The SMILES string of the molecule is O=C(Nc1cccc(Cn2ccnc2)c1)c1ccccc1S(=O)(=O)N1CCOCC1. The third kappa shape index (κ3) is 4.43. The van der Waals surface area contributed by atoms with E-state index < -0.39 is 15.9 Å². The lowest BCUT2D eigenvalue weighted by molar-refractivity contribution is 0.0730. The smallest absolute Gasteiger partial charge is 0.257 e. The van der Waals surface area contributed by atoms with Gasteiger partial charge >= 0.3 is 0 Å². The van der Waals surface area contributed by atoms with Crippen LogP contribution in [0.5, 0.6) is 0 Å². The molecular weight excluding hydrogens is 404 g/mol. The Morgan fingerprint density at radius 2 is 1.90 bits per heavy atom. The minimum atomic E-state index is -3.79. The Balaban J connectivity index is 1.56. The van der Waals surface area contributed by atoms with E-state index in [0.29, 0.717) is 25.4 Å². The van der Waals surface area contributed by atoms with Gasteiger partial charge in [-0.15, -0.1) is 0 Å². The number of hydrogen-bond acceptors (Lipinski definition) is 5. The molecule has 0 unspecified atom stereocenters. The molecule has 1 aromatic heterocycles. The minimum Gasteiger partial charge on any atom is -0.379 e. The van der Waals surface area contributed by atoms with Crippen molar-refractivity contribution < 1.29 is 17.9 Å². The third-order valence-electron chi connectivity index (χ3n) is 4.83. The summed E-state index contributed by atoms with van der Waals surface area (Å²) in [5.74, 6) is -0.470. The summed E-state index contributed by atoms with van der Waals surface area (Å²) in [6, 6.07) is 13.7. The number of ether oxygens (including phenoxy) is 1. The normalized spacial score (nSPS) is 15.1. The quantitative estimate of drug-likeness (QED) is 0.652. The number of imidazole rings is 1. The highest BCUT2D eigenvalue weighted by atomic mass is 32.2. The maximum Gasteiger partial charge on any atom is 0.257 e. The summed E-state index contributed by atoms with van der Waals surface area (Å²) < 4.78 is 34.7. The van der Waals surface area contributed by atoms with E-state index in [1.807, 2.05) is 29.0 Å². The van der Waals surface area contributed by atoms with E-state index in [1.54, 1.807) is 30.7 Å². The molecule has 0 spiro atoms. The molecule has 3 aromatic rings. The van der Waals surface area contributed by atoms with Crippen molar-refractivity contribution in [1.82, 2.24) is 13.9 Å². The van der Waals surface area contributed by atoms with E-state index in [2.05, 4.69) is 10.3 Å². The lowest BCUT2D eigenvalue weighted by atomic mass is 10.1. The highest BCUT2D eigenvalue weighted by Gasteiger charge is 2.30. The van der Waals surface area contributed by atoms with Crippen molar-refractivity contribution in [3.8, 4) is 0 Å². The van der Waals surface area contributed by atoms with Crippen LogP contribution in [0.4, 0.5) is 5.69 Å². The molecule has 1 N–H and O–H groups in total. The Morgan fingerprint density at radius 3 is 2.67 bits per heavy atom. The molecule has 1 fully saturated rings. The van der Waals surface area contributed by atoms with Crippen molar-refractivity contribution in [1.29, 1.82) is 0 Å². The molecule has 0 bridgehead atoms. The zero-order chi connectivity index (χ0) is 21.0. The predicted molar refractivity (Wildman–Crippen MR) is 112 cm³/mol. The van der Waals surface area contributed by atoms with E-state index in [4.69, 9.17) is 4.74 Å². The second-order valence-corrected chi connectivity index (χ2v) is 8.81. The number of hydrogen-bond donors (Lipinski definition) is 1. The second kappa shape index (κ2) is 8.78. The summed E-state index contributed by atoms with van der Waals surface area (Å²) in [5.41, 5.74) is 1.69. The fraction of sp³-hybridized carbons (Fsp3) is 0.238. The molecule has 4 rings (SSSR count). The molecule has 1 amide bonds. The Morgan fingerprint density at radius 1 is 1.10 bits per heavy atom. The Hall–Kier alpha value is -3.01. The van der Waals surface area contributed by atoms with Crippen molar-refractivity contribution in [2.75, 3.05) is 31.6 Å². The molecule has 0 atom stereocenters. The van der Waals surface area contributed by atoms with Gasteiger partial charge in [0.2, 0.25) is 10.0 Å². The average Bonchev–Trinajstić information content (AvgIpc) is 3.27. The van der Waals surface area contributed by atoms with Gasteiger partial charge in [-0.25, -0.2) is 13.4 Å². The van der Waals surface area contributed by atoms with E-state index in [9.17, 15) is 13.2 Å². The van der Waals surface area contributed by atoms with Crippen LogP contribution in [0, 0.1) is 0 Å². The van der Waals surface area contributed by atoms with Crippen LogP contribution in [-0.2, 0) is 21.3 Å². The first kappa shape index (κ1) is 20.3. The molecule has 0 saturated carbocycles. The molecule has 156 valence electrons. The van der Waals surface area contributed by atoms with Gasteiger partial charge in [-0.2, -0.15) is 4.31 Å². The molecule has 2 heterocycles. The summed E-state index contributed by atoms with van der Waals surface area (Å²) in [4.78, 5) is 17.0. The average molecular weight is 426 g/mol. The number of sulfonamides is 1. The topological polar surface area (TPSA) is 93.5 Å². The van der Waals surface area contributed by atoms with Crippen LogP contribution in [0.3, 0.4) is 0 Å². The number of carbonyl (C=O) groups is 1. The predicted octanol–water partition coefficient (Wildman–Crippen LogP) is 2.20. The van der Waals surface area contributed by atoms with Crippen molar-refractivity contribution in [2.45, 2.75) is 11.4 Å². The van der Waals surface area contributed by atoms with Gasteiger partial charge in [0.25, 0.3) is 5.91 Å². The summed E-state index contributed by atoms with van der Waals surface area (Å²) in [6.45, 7) is 1.85. The van der Waals surface area contributed by atoms with E-state index >= 15 is 0 Å². The van der Waals surface area contributed by atoms with Gasteiger partial charge in [0.1, 0.15) is 0 Å². The zero-order valence-electron chi connectivity index (χ0n) is 16.3. The number of rotatable bonds is 6. The fourth-order valence-corrected chi connectivity index (χ4v) is 4.94. The summed E-state index contributed by atoms with van der Waals surface area (Å²) in [6.07, 6.45) is 5.29. The first-order valence-corrected chi connectivity index (χ1v) is 11.0. The number of benzene rings is 2. The summed E-state index contributed by atoms with van der Waals surface area (Å²) >= 11 is 0. The van der Waals surface area contributed by atoms with Crippen LogP contribution in [0.15, 0.2) is 72.1 Å². The molecule has 1 aliphatic heterocycles. The Bertz CT molecular complexity index is 1120. The molecule has 1 saturated heterocycles. The first-order chi connectivity index (χ1) is 14.5. The van der Waals surface area contributed by atoms with Crippen LogP contribution in [0.2, 0.25) is 0 Å². The van der Waals surface area contributed by atoms with Crippen LogP contribution in [-0.4, -0.2) is 54.5 Å². The molecule has 0 aliphatic carbocycles. The number of carbonyl (C=O) groups excluding carboxylic acids is 1. The molecule has 2 aromatic carbocycles. The molecular formula is C21H22N4O4S. The van der Waals surface area contributed by atoms with E-state index in [0.717, 1.165) is 5.56 Å². The van der Waals surface area contributed by atoms with Gasteiger partial charge in [0, 0.05) is 37.7 Å². The molecule has 9 heteroatoms. The fourth-order valence-electron chi connectivity index (χ4n) is 3.34. The largest absolute Gasteiger partial charge is 0.379 e. The van der Waals surface area contributed by atoms with Gasteiger partial charge in [-0.05, 0) is 29.8 Å². The highest BCUT2D eigenvalue weighted by Crippen LogP contribution is 2.22. The molecule has 8 nitrogen and oxygen atoms in total. The Labute approximate surface area is 175 Å². The molecule has 0 radical (unpaired) electrons. The number of aromatic nitrogens is 2. The first-order valence-electron chi connectivity index (χ1n) is 9.57. The lowest BCUT2D eigenvalue weighted by Crippen LogP contribution is -2.41. The zero-order valence-corrected chi connectivity index (χ0v) is 17.1. The maximum atomic E-state index is 13.1. The van der Waals surface area contributed by atoms with Gasteiger partial charge < -0.3 is 14.6 Å². The number of anilines is 1. The number of nitrogens with zero attached hydrogens (tertiary/aromatic N) is 3. The minimum absolute atomic E-state index is 0.000954. The molecule has 30 heavy (non-hydrogen) atoms. The number of morpholine rings is 1. The van der Waals surface area contributed by atoms with Crippen molar-refractivity contribution in [3.05, 3.63) is 78.4 Å². The lowest BCUT2D eigenvalue weighted by Gasteiger charge is -2.26. The second-order valence-electron chi connectivity index (χ2n) is 6.90. The maximum absolute atomic E-state index is 13.1. The number of nitrogens with one attached hydrogen (secondary N) is 1. The van der Waals surface area contributed by atoms with Crippen molar-refractivity contribution >= 4 is 21.6 Å². The Kier molecular flexibility index (Phi) is 5.93. The van der Waals surface area contributed by atoms with E-state index in [1.165, 1.54) is 16.4 Å². The molecule has 1 aliphatic rings. The third-order valence-corrected chi connectivity index (χ3v) is 6.79. The highest BCUT2D eigenvalue weighted by molar-refractivity contribution is 7.89. The van der Waals surface area contributed by atoms with Crippen LogP contribution in [0.1, 0.15) is 15.9 Å².